The van der Waals surface area contributed by atoms with Gasteiger partial charge in [-0.2, -0.15) is 18.3 Å². The fourth-order valence-electron chi connectivity index (χ4n) is 3.34. The molecule has 0 aromatic carbocycles. The second-order valence-corrected chi connectivity index (χ2v) is 8.06. The van der Waals surface area contributed by atoms with Gasteiger partial charge >= 0.3 is 12.3 Å². The molecule has 1 saturated heterocycles. The third-order valence-electron chi connectivity index (χ3n) is 4.72. The summed E-state index contributed by atoms with van der Waals surface area (Å²) in [6.45, 7) is 7.18. The van der Waals surface area contributed by atoms with Crippen molar-refractivity contribution in [3.63, 3.8) is 0 Å². The van der Waals surface area contributed by atoms with Crippen molar-refractivity contribution >= 4 is 17.7 Å². The molecule has 0 spiro atoms. The molecule has 7 nitrogen and oxygen atoms in total. The molecule has 0 aliphatic carbocycles. The van der Waals surface area contributed by atoms with Gasteiger partial charge in [-0.15, -0.1) is 0 Å². The smallest absolute Gasteiger partial charge is 0.410 e. The van der Waals surface area contributed by atoms with Crippen LogP contribution in [0.25, 0.3) is 0 Å². The molecular formula is C17H23F3N4O3. The number of nitrogens with zero attached hydrogens (tertiary/aromatic N) is 4. The quantitative estimate of drug-likeness (QED) is 0.742. The minimum Gasteiger partial charge on any atom is -0.444 e. The van der Waals surface area contributed by atoms with Crippen LogP contribution in [-0.4, -0.2) is 51.0 Å². The number of aromatic nitrogens is 2. The minimum atomic E-state index is -4.42. The number of hydrogen-bond donors (Lipinski definition) is 0. The third-order valence-corrected chi connectivity index (χ3v) is 4.72. The molecule has 0 radical (unpaired) electrons. The first-order chi connectivity index (χ1) is 12.4. The summed E-state index contributed by atoms with van der Waals surface area (Å²) in [4.78, 5) is 27.3. The van der Waals surface area contributed by atoms with Gasteiger partial charge in [0, 0.05) is 13.0 Å². The first-order valence-electron chi connectivity index (χ1n) is 8.78. The van der Waals surface area contributed by atoms with Crippen LogP contribution in [0.1, 0.15) is 39.8 Å². The Kier molecular flexibility index (Phi) is 4.63. The Hall–Kier alpha value is -2.26. The average molecular weight is 388 g/mol. The number of alkyl halides is 3. The van der Waals surface area contributed by atoms with Crippen molar-refractivity contribution in [3.8, 4) is 0 Å². The number of amides is 2. The fraction of sp³-hybridized carbons (Fsp3) is 0.706. The predicted octanol–water partition coefficient (Wildman–Crippen LogP) is 2.94. The van der Waals surface area contributed by atoms with Gasteiger partial charge in [0.1, 0.15) is 5.60 Å². The highest BCUT2D eigenvalue weighted by Gasteiger charge is 2.48. The van der Waals surface area contributed by atoms with Gasteiger partial charge in [-0.25, -0.2) is 4.79 Å². The molecule has 0 saturated carbocycles. The van der Waals surface area contributed by atoms with Gasteiger partial charge in [0.2, 0.25) is 5.91 Å². The standard InChI is InChI=1S/C17H23F3N4O3/c1-10-7-24-13(9-22(10)15(26)27-16(2,3)4)12(6-21-24)23-8-11(5-14(23)25)17(18,19)20/h6,10-11H,5,7-9H2,1-4H3/t10-,11?/m0/s1. The molecule has 1 aromatic heterocycles. The van der Waals surface area contributed by atoms with Gasteiger partial charge in [0.15, 0.2) is 0 Å². The maximum absolute atomic E-state index is 13.0. The van der Waals surface area contributed by atoms with E-state index in [0.29, 0.717) is 17.9 Å². The summed E-state index contributed by atoms with van der Waals surface area (Å²) in [5, 5.41) is 4.20. The van der Waals surface area contributed by atoms with Crippen LogP contribution in [0.4, 0.5) is 23.7 Å². The Labute approximate surface area is 155 Å². The number of carbonyl (C=O) groups is 2. The Morgan fingerprint density at radius 2 is 1.93 bits per heavy atom. The van der Waals surface area contributed by atoms with Crippen LogP contribution < -0.4 is 4.90 Å². The molecule has 150 valence electrons. The Morgan fingerprint density at radius 3 is 2.48 bits per heavy atom. The molecule has 1 fully saturated rings. The summed E-state index contributed by atoms with van der Waals surface area (Å²) in [6.07, 6.45) is -4.10. The largest absolute Gasteiger partial charge is 0.444 e. The van der Waals surface area contributed by atoms with E-state index in [1.165, 1.54) is 11.1 Å². The molecule has 2 atom stereocenters. The van der Waals surface area contributed by atoms with Crippen LogP contribution in [0.5, 0.6) is 0 Å². The van der Waals surface area contributed by atoms with Crippen LogP contribution in [-0.2, 0) is 22.6 Å². The van der Waals surface area contributed by atoms with Crippen molar-refractivity contribution < 1.29 is 27.5 Å². The van der Waals surface area contributed by atoms with E-state index >= 15 is 0 Å². The van der Waals surface area contributed by atoms with E-state index in [1.807, 2.05) is 6.92 Å². The average Bonchev–Trinajstić information content (AvgIpc) is 3.07. The van der Waals surface area contributed by atoms with Crippen molar-refractivity contribution in [1.29, 1.82) is 0 Å². The zero-order valence-electron chi connectivity index (χ0n) is 15.7. The lowest BCUT2D eigenvalue weighted by Gasteiger charge is -2.36. The highest BCUT2D eigenvalue weighted by Crippen LogP contribution is 2.38. The van der Waals surface area contributed by atoms with Gasteiger partial charge in [-0.1, -0.05) is 0 Å². The molecule has 1 unspecified atom stereocenters. The molecule has 2 aliphatic heterocycles. The monoisotopic (exact) mass is 388 g/mol. The molecule has 2 aliphatic rings. The van der Waals surface area contributed by atoms with Crippen LogP contribution in [0.15, 0.2) is 6.20 Å². The summed E-state index contributed by atoms with van der Waals surface area (Å²) in [7, 11) is 0. The highest BCUT2D eigenvalue weighted by atomic mass is 19.4. The number of rotatable bonds is 1. The Morgan fingerprint density at radius 1 is 1.26 bits per heavy atom. The summed E-state index contributed by atoms with van der Waals surface area (Å²) in [5.74, 6) is -2.28. The number of halogens is 3. The second-order valence-electron chi connectivity index (χ2n) is 8.06. The third kappa shape index (κ3) is 3.89. The molecule has 27 heavy (non-hydrogen) atoms. The van der Waals surface area contributed by atoms with Crippen molar-refractivity contribution in [2.24, 2.45) is 5.92 Å². The normalized spacial score (nSPS) is 23.6. The lowest BCUT2D eigenvalue weighted by Crippen LogP contribution is -2.47. The first kappa shape index (κ1) is 19.5. The van der Waals surface area contributed by atoms with Crippen LogP contribution in [0.3, 0.4) is 0 Å². The van der Waals surface area contributed by atoms with Gasteiger partial charge in [0.25, 0.3) is 0 Å². The SMILES string of the molecule is C[C@H]1Cn2ncc(N3CC(C(F)(F)F)CC3=O)c2CN1C(=O)OC(C)(C)C. The highest BCUT2D eigenvalue weighted by molar-refractivity contribution is 5.96. The Balaban J connectivity index is 1.84. The van der Waals surface area contributed by atoms with Crippen LogP contribution in [0, 0.1) is 5.92 Å². The fourth-order valence-corrected chi connectivity index (χ4v) is 3.34. The number of fused-ring (bicyclic) bond motifs is 1. The van der Waals surface area contributed by atoms with E-state index in [9.17, 15) is 22.8 Å². The first-order valence-corrected chi connectivity index (χ1v) is 8.78. The second kappa shape index (κ2) is 6.42. The van der Waals surface area contributed by atoms with E-state index < -0.39 is 42.7 Å². The molecular weight excluding hydrogens is 365 g/mol. The molecule has 2 amide bonds. The number of anilines is 1. The van der Waals surface area contributed by atoms with E-state index in [4.69, 9.17) is 4.74 Å². The maximum Gasteiger partial charge on any atom is 0.410 e. The summed E-state index contributed by atoms with van der Waals surface area (Å²) in [6, 6.07) is -0.197. The van der Waals surface area contributed by atoms with Crippen molar-refractivity contribution in [1.82, 2.24) is 14.7 Å². The van der Waals surface area contributed by atoms with Crippen LogP contribution >= 0.6 is 0 Å². The van der Waals surface area contributed by atoms with E-state index in [-0.39, 0.29) is 12.6 Å². The zero-order valence-corrected chi connectivity index (χ0v) is 15.7. The van der Waals surface area contributed by atoms with E-state index in [2.05, 4.69) is 5.10 Å². The van der Waals surface area contributed by atoms with Crippen LogP contribution in [0.2, 0.25) is 0 Å². The Bertz CT molecular complexity index is 754. The molecule has 3 heterocycles. The molecule has 0 N–H and O–H groups in total. The molecule has 0 bridgehead atoms. The lowest BCUT2D eigenvalue weighted by atomic mass is 10.1. The zero-order chi connectivity index (χ0) is 20.1. The molecule has 1 aromatic rings. The predicted molar refractivity (Wildman–Crippen MR) is 90.0 cm³/mol. The van der Waals surface area contributed by atoms with Crippen molar-refractivity contribution in [3.05, 3.63) is 11.9 Å². The van der Waals surface area contributed by atoms with E-state index in [1.54, 1.807) is 25.5 Å². The molecule has 10 heteroatoms. The number of ether oxygens (including phenoxy) is 1. The lowest BCUT2D eigenvalue weighted by molar-refractivity contribution is -0.169. The van der Waals surface area contributed by atoms with Gasteiger partial charge in [-0.3, -0.25) is 14.4 Å². The van der Waals surface area contributed by atoms with Gasteiger partial charge in [-0.05, 0) is 27.7 Å². The number of carbonyl (C=O) groups excluding carboxylic acids is 2. The topological polar surface area (TPSA) is 67.7 Å². The summed E-state index contributed by atoms with van der Waals surface area (Å²) < 4.78 is 46.0. The molecule has 3 rings (SSSR count). The summed E-state index contributed by atoms with van der Waals surface area (Å²) >= 11 is 0. The number of hydrogen-bond acceptors (Lipinski definition) is 4. The van der Waals surface area contributed by atoms with Gasteiger partial charge < -0.3 is 9.64 Å². The maximum atomic E-state index is 13.0. The minimum absolute atomic E-state index is 0.117. The van der Waals surface area contributed by atoms with E-state index in [0.717, 1.165) is 4.90 Å². The van der Waals surface area contributed by atoms with Crippen molar-refractivity contribution in [2.75, 3.05) is 11.4 Å². The van der Waals surface area contributed by atoms with Crippen molar-refractivity contribution in [2.45, 2.75) is 65.0 Å². The van der Waals surface area contributed by atoms with Gasteiger partial charge in [0.05, 0.1) is 42.6 Å². The summed E-state index contributed by atoms with van der Waals surface area (Å²) in [5.41, 5.74) is 0.199.